The van der Waals surface area contributed by atoms with Crippen LogP contribution in [0.3, 0.4) is 0 Å². The van der Waals surface area contributed by atoms with Crippen LogP contribution < -0.4 is 4.90 Å². The molecule has 6 aromatic carbocycles. The van der Waals surface area contributed by atoms with E-state index in [2.05, 4.69) is 113 Å². The molecule has 202 valence electrons. The summed E-state index contributed by atoms with van der Waals surface area (Å²) in [5, 5.41) is 6.83. The van der Waals surface area contributed by atoms with Crippen LogP contribution >= 0.6 is 0 Å². The quantitative estimate of drug-likeness (QED) is 0.218. The molecule has 0 saturated heterocycles. The van der Waals surface area contributed by atoms with Gasteiger partial charge in [0.1, 0.15) is 16.7 Å². The van der Waals surface area contributed by atoms with Crippen molar-refractivity contribution in [1.29, 1.82) is 0 Å². The van der Waals surface area contributed by atoms with Crippen molar-refractivity contribution in [3.63, 3.8) is 0 Å². The minimum atomic E-state index is 0.807. The highest BCUT2D eigenvalue weighted by Gasteiger charge is 2.16. The maximum Gasteiger partial charge on any atom is 0.153 e. The fourth-order valence-corrected chi connectivity index (χ4v) is 6.31. The molecule has 0 aliphatic heterocycles. The lowest BCUT2D eigenvalue weighted by Crippen LogP contribution is -2.09. The molecule has 9 rings (SSSR count). The first-order chi connectivity index (χ1) is 21.3. The number of hydrogen-bond acceptors (Lipinski definition) is 4. The lowest BCUT2D eigenvalue weighted by atomic mass is 9.98. The van der Waals surface area contributed by atoms with Gasteiger partial charge in [-0.05, 0) is 82.6 Å². The Bertz CT molecular complexity index is 2450. The molecule has 0 bridgehead atoms. The molecule has 3 heterocycles. The van der Waals surface area contributed by atoms with Crippen LogP contribution in [0.15, 0.2) is 155 Å². The van der Waals surface area contributed by atoms with Crippen LogP contribution in [-0.2, 0) is 0 Å². The molecule has 43 heavy (non-hydrogen) atoms. The number of para-hydroxylation sites is 2. The van der Waals surface area contributed by atoms with Crippen molar-refractivity contribution in [2.75, 3.05) is 4.90 Å². The van der Waals surface area contributed by atoms with Gasteiger partial charge >= 0.3 is 0 Å². The molecule has 0 fully saturated rings. The predicted octanol–water partition coefficient (Wildman–Crippen LogP) is 11.2. The first-order valence-electron chi connectivity index (χ1n) is 14.4. The number of rotatable bonds is 4. The summed E-state index contributed by atoms with van der Waals surface area (Å²) < 4.78 is 12.3. The highest BCUT2D eigenvalue weighted by atomic mass is 16.3. The van der Waals surface area contributed by atoms with Crippen LogP contribution in [-0.4, -0.2) is 4.98 Å². The predicted molar refractivity (Wildman–Crippen MR) is 176 cm³/mol. The van der Waals surface area contributed by atoms with E-state index in [0.717, 1.165) is 72.1 Å². The summed E-state index contributed by atoms with van der Waals surface area (Å²) in [6.45, 7) is 0. The van der Waals surface area contributed by atoms with Crippen LogP contribution in [0, 0.1) is 0 Å². The standard InChI is InChI=1S/C39H24N2O2/c1-2-6-28(7-3-1)41(30-17-18-32-31-8-4-5-9-35(31)42-37(32)23-30)29-15-12-25(13-16-29)27-11-10-26-14-19-36-39(34(26)22-27)33-20-21-40-24-38(33)43-36/h1-24H. The Labute approximate surface area is 247 Å². The van der Waals surface area contributed by atoms with Gasteiger partial charge in [0.25, 0.3) is 0 Å². The van der Waals surface area contributed by atoms with Crippen molar-refractivity contribution in [2.24, 2.45) is 0 Å². The minimum Gasteiger partial charge on any atom is -0.456 e. The number of nitrogens with zero attached hydrogens (tertiary/aromatic N) is 2. The smallest absolute Gasteiger partial charge is 0.153 e. The number of anilines is 3. The lowest BCUT2D eigenvalue weighted by molar-refractivity contribution is 0.667. The van der Waals surface area contributed by atoms with Crippen molar-refractivity contribution >= 4 is 71.7 Å². The van der Waals surface area contributed by atoms with Crippen LogP contribution in [0.1, 0.15) is 0 Å². The first kappa shape index (κ1) is 23.8. The molecule has 0 saturated carbocycles. The SMILES string of the molecule is c1ccc(N(c2ccc(-c3ccc4ccc5oc6cnccc6c5c4c3)cc2)c2ccc3c(c2)oc2ccccc23)cc1. The van der Waals surface area contributed by atoms with Gasteiger partial charge in [-0.1, -0.05) is 66.7 Å². The second-order valence-electron chi connectivity index (χ2n) is 10.8. The van der Waals surface area contributed by atoms with Crippen molar-refractivity contribution in [1.82, 2.24) is 4.98 Å². The maximum absolute atomic E-state index is 6.24. The van der Waals surface area contributed by atoms with E-state index in [1.807, 2.05) is 36.5 Å². The monoisotopic (exact) mass is 552 g/mol. The Kier molecular flexibility index (Phi) is 5.16. The third-order valence-corrected chi connectivity index (χ3v) is 8.35. The third kappa shape index (κ3) is 3.81. The number of fused-ring (bicyclic) bond motifs is 8. The summed E-state index contributed by atoms with van der Waals surface area (Å²) in [5.74, 6) is 0. The van der Waals surface area contributed by atoms with Gasteiger partial charge in [-0.2, -0.15) is 0 Å². The molecule has 0 N–H and O–H groups in total. The van der Waals surface area contributed by atoms with Gasteiger partial charge in [0.05, 0.1) is 6.20 Å². The van der Waals surface area contributed by atoms with Gasteiger partial charge < -0.3 is 13.7 Å². The van der Waals surface area contributed by atoms with Crippen LogP contribution in [0.5, 0.6) is 0 Å². The minimum absolute atomic E-state index is 0.807. The highest BCUT2D eigenvalue weighted by molar-refractivity contribution is 6.19. The molecule has 9 aromatic rings. The van der Waals surface area contributed by atoms with Crippen LogP contribution in [0.4, 0.5) is 17.1 Å². The van der Waals surface area contributed by atoms with E-state index < -0.39 is 0 Å². The molecular weight excluding hydrogens is 528 g/mol. The molecule has 0 amide bonds. The second kappa shape index (κ2) is 9.33. The Morgan fingerprint density at radius 2 is 1.16 bits per heavy atom. The van der Waals surface area contributed by atoms with Gasteiger partial charge in [-0.25, -0.2) is 0 Å². The van der Waals surface area contributed by atoms with E-state index in [9.17, 15) is 0 Å². The summed E-state index contributed by atoms with van der Waals surface area (Å²) >= 11 is 0. The average molecular weight is 553 g/mol. The molecule has 0 aliphatic carbocycles. The van der Waals surface area contributed by atoms with Crippen molar-refractivity contribution in [3.8, 4) is 11.1 Å². The van der Waals surface area contributed by atoms with Crippen LogP contribution in [0.25, 0.3) is 65.8 Å². The van der Waals surface area contributed by atoms with Gasteiger partial charge in [-0.3, -0.25) is 4.98 Å². The normalized spacial score (nSPS) is 11.7. The molecule has 0 radical (unpaired) electrons. The lowest BCUT2D eigenvalue weighted by Gasteiger charge is -2.25. The number of furan rings is 2. The summed E-state index contributed by atoms with van der Waals surface area (Å²) in [5.41, 5.74) is 8.97. The largest absolute Gasteiger partial charge is 0.456 e. The Morgan fingerprint density at radius 3 is 2.07 bits per heavy atom. The number of aromatic nitrogens is 1. The van der Waals surface area contributed by atoms with E-state index in [1.54, 1.807) is 6.20 Å². The van der Waals surface area contributed by atoms with Crippen molar-refractivity contribution in [3.05, 3.63) is 146 Å². The Balaban J connectivity index is 1.15. The fraction of sp³-hybridized carbons (Fsp3) is 0. The third-order valence-electron chi connectivity index (χ3n) is 8.35. The molecule has 0 unspecified atom stereocenters. The summed E-state index contributed by atoms with van der Waals surface area (Å²) in [7, 11) is 0. The van der Waals surface area contributed by atoms with E-state index in [-0.39, 0.29) is 0 Å². The summed E-state index contributed by atoms with van der Waals surface area (Å²) in [4.78, 5) is 6.51. The second-order valence-corrected chi connectivity index (χ2v) is 10.8. The molecule has 3 aromatic heterocycles. The summed E-state index contributed by atoms with van der Waals surface area (Å²) in [6, 6.07) is 46.7. The topological polar surface area (TPSA) is 42.4 Å². The molecular formula is C39H24N2O2. The molecule has 0 atom stereocenters. The van der Waals surface area contributed by atoms with E-state index >= 15 is 0 Å². The average Bonchev–Trinajstić information content (AvgIpc) is 3.64. The van der Waals surface area contributed by atoms with E-state index in [4.69, 9.17) is 8.83 Å². The zero-order chi connectivity index (χ0) is 28.3. The van der Waals surface area contributed by atoms with Crippen LogP contribution in [0.2, 0.25) is 0 Å². The van der Waals surface area contributed by atoms with Crippen molar-refractivity contribution in [2.45, 2.75) is 0 Å². The first-order valence-corrected chi connectivity index (χ1v) is 14.4. The zero-order valence-electron chi connectivity index (χ0n) is 23.1. The van der Waals surface area contributed by atoms with Gasteiger partial charge in [-0.15, -0.1) is 0 Å². The molecule has 0 aliphatic rings. The summed E-state index contributed by atoms with van der Waals surface area (Å²) in [6.07, 6.45) is 3.61. The zero-order valence-corrected chi connectivity index (χ0v) is 23.1. The maximum atomic E-state index is 6.24. The highest BCUT2D eigenvalue weighted by Crippen LogP contribution is 2.40. The van der Waals surface area contributed by atoms with Crippen molar-refractivity contribution < 1.29 is 8.83 Å². The number of pyridine rings is 1. The number of benzene rings is 6. The van der Waals surface area contributed by atoms with Gasteiger partial charge in [0, 0.05) is 50.9 Å². The fourth-order valence-electron chi connectivity index (χ4n) is 6.31. The number of hydrogen-bond donors (Lipinski definition) is 0. The molecule has 4 heteroatoms. The van der Waals surface area contributed by atoms with Gasteiger partial charge in [0.2, 0.25) is 0 Å². The van der Waals surface area contributed by atoms with E-state index in [1.165, 1.54) is 10.8 Å². The van der Waals surface area contributed by atoms with Gasteiger partial charge in [0.15, 0.2) is 5.58 Å². The molecule has 4 nitrogen and oxygen atoms in total. The Hall–Kier alpha value is -5.87. The molecule has 0 spiro atoms. The Morgan fingerprint density at radius 1 is 0.442 bits per heavy atom. The van der Waals surface area contributed by atoms with E-state index in [0.29, 0.717) is 0 Å².